The number of carbonyl (C=O) groups is 2. The lowest BCUT2D eigenvalue weighted by Crippen LogP contribution is -2.29. The van der Waals surface area contributed by atoms with E-state index in [9.17, 15) is 9.59 Å². The fourth-order valence-corrected chi connectivity index (χ4v) is 3.70. The van der Waals surface area contributed by atoms with Crippen molar-refractivity contribution in [2.45, 2.75) is 26.2 Å². The van der Waals surface area contributed by atoms with Crippen molar-refractivity contribution in [1.29, 1.82) is 0 Å². The zero-order chi connectivity index (χ0) is 19.2. The molecule has 1 fully saturated rings. The van der Waals surface area contributed by atoms with E-state index in [4.69, 9.17) is 4.74 Å². The van der Waals surface area contributed by atoms with Crippen molar-refractivity contribution in [3.8, 4) is 5.75 Å². The molecule has 1 saturated heterocycles. The SMILES string of the molecule is CCC[C@H]1CN(c2ccccc2)C(=O)[C@@H]1CC(=O)Nc1ccc(OC)cc1. The average Bonchev–Trinajstić information content (AvgIpc) is 2.99. The van der Waals surface area contributed by atoms with E-state index in [1.165, 1.54) is 0 Å². The zero-order valence-corrected chi connectivity index (χ0v) is 15.9. The maximum absolute atomic E-state index is 13.0. The Bertz CT molecular complexity index is 774. The standard InChI is InChI=1S/C22H26N2O3/c1-3-7-16-15-24(18-8-5-4-6-9-18)22(26)20(16)14-21(25)23-17-10-12-19(27-2)13-11-17/h4-6,8-13,16,20H,3,7,14-15H2,1-2H3,(H,23,25)/t16-,20+/m0/s1. The Hall–Kier alpha value is -2.82. The smallest absolute Gasteiger partial charge is 0.230 e. The van der Waals surface area contributed by atoms with Gasteiger partial charge in [-0.1, -0.05) is 31.5 Å². The number of anilines is 2. The minimum Gasteiger partial charge on any atom is -0.497 e. The number of benzene rings is 2. The number of carbonyl (C=O) groups excluding carboxylic acids is 2. The Morgan fingerprint density at radius 2 is 1.85 bits per heavy atom. The number of rotatable bonds is 7. The van der Waals surface area contributed by atoms with Gasteiger partial charge < -0.3 is 15.0 Å². The molecule has 0 bridgehead atoms. The third-order valence-corrected chi connectivity index (χ3v) is 5.08. The Morgan fingerprint density at radius 3 is 2.48 bits per heavy atom. The first-order valence-corrected chi connectivity index (χ1v) is 9.42. The lowest BCUT2D eigenvalue weighted by Gasteiger charge is -2.16. The third kappa shape index (κ3) is 4.48. The summed E-state index contributed by atoms with van der Waals surface area (Å²) in [7, 11) is 1.60. The number of methoxy groups -OCH3 is 1. The molecule has 1 aliphatic rings. The van der Waals surface area contributed by atoms with Crippen LogP contribution in [0.4, 0.5) is 11.4 Å². The van der Waals surface area contributed by atoms with Crippen LogP contribution in [0.3, 0.4) is 0 Å². The number of nitrogens with zero attached hydrogens (tertiary/aromatic N) is 1. The van der Waals surface area contributed by atoms with Gasteiger partial charge in [0.05, 0.1) is 13.0 Å². The number of amides is 2. The summed E-state index contributed by atoms with van der Waals surface area (Å²) in [6.45, 7) is 2.79. The van der Waals surface area contributed by atoms with Crippen molar-refractivity contribution in [3.63, 3.8) is 0 Å². The van der Waals surface area contributed by atoms with Crippen LogP contribution in [0.25, 0.3) is 0 Å². The van der Waals surface area contributed by atoms with E-state index in [1.54, 1.807) is 31.4 Å². The molecule has 0 radical (unpaired) electrons. The lowest BCUT2D eigenvalue weighted by molar-refractivity contribution is -0.125. The lowest BCUT2D eigenvalue weighted by atomic mass is 9.88. The molecular formula is C22H26N2O3. The molecule has 1 heterocycles. The molecule has 5 nitrogen and oxygen atoms in total. The molecule has 1 aliphatic heterocycles. The molecule has 0 unspecified atom stereocenters. The summed E-state index contributed by atoms with van der Waals surface area (Å²) in [6, 6.07) is 16.9. The van der Waals surface area contributed by atoms with Crippen molar-refractivity contribution in [1.82, 2.24) is 0 Å². The molecule has 0 spiro atoms. The van der Waals surface area contributed by atoms with Gasteiger partial charge in [-0.05, 0) is 48.7 Å². The van der Waals surface area contributed by atoms with E-state index in [-0.39, 0.29) is 30.1 Å². The molecule has 0 saturated carbocycles. The van der Waals surface area contributed by atoms with Gasteiger partial charge in [-0.2, -0.15) is 0 Å². The van der Waals surface area contributed by atoms with Gasteiger partial charge in [0.1, 0.15) is 5.75 Å². The largest absolute Gasteiger partial charge is 0.497 e. The highest BCUT2D eigenvalue weighted by atomic mass is 16.5. The molecule has 142 valence electrons. The van der Waals surface area contributed by atoms with Gasteiger partial charge in [-0.3, -0.25) is 9.59 Å². The highest BCUT2D eigenvalue weighted by Gasteiger charge is 2.41. The first kappa shape index (κ1) is 19.0. The Kier molecular flexibility index (Phi) is 6.12. The van der Waals surface area contributed by atoms with Crippen LogP contribution in [0.15, 0.2) is 54.6 Å². The second-order valence-corrected chi connectivity index (χ2v) is 6.92. The van der Waals surface area contributed by atoms with Crippen LogP contribution in [-0.2, 0) is 9.59 Å². The summed E-state index contributed by atoms with van der Waals surface area (Å²) in [5.41, 5.74) is 1.61. The minimum absolute atomic E-state index is 0.0459. The first-order valence-electron chi connectivity index (χ1n) is 9.42. The molecule has 2 amide bonds. The molecular weight excluding hydrogens is 340 g/mol. The number of hydrogen-bond donors (Lipinski definition) is 1. The molecule has 2 aromatic rings. The summed E-state index contributed by atoms with van der Waals surface area (Å²) in [5, 5.41) is 2.89. The highest BCUT2D eigenvalue weighted by molar-refractivity contribution is 6.01. The number of nitrogens with one attached hydrogen (secondary N) is 1. The van der Waals surface area contributed by atoms with Crippen LogP contribution in [0.5, 0.6) is 5.75 Å². The van der Waals surface area contributed by atoms with Crippen LogP contribution < -0.4 is 15.0 Å². The predicted octanol–water partition coefficient (Wildman–Crippen LogP) is 4.10. The molecule has 5 heteroatoms. The second-order valence-electron chi connectivity index (χ2n) is 6.92. The quantitative estimate of drug-likeness (QED) is 0.802. The normalized spacial score (nSPS) is 19.2. The Labute approximate surface area is 160 Å². The monoisotopic (exact) mass is 366 g/mol. The fraction of sp³-hybridized carbons (Fsp3) is 0.364. The maximum Gasteiger partial charge on any atom is 0.230 e. The molecule has 2 aromatic carbocycles. The highest BCUT2D eigenvalue weighted by Crippen LogP contribution is 2.34. The first-order chi connectivity index (χ1) is 13.1. The predicted molar refractivity (Wildman–Crippen MR) is 107 cm³/mol. The van der Waals surface area contributed by atoms with Crippen LogP contribution >= 0.6 is 0 Å². The van der Waals surface area contributed by atoms with Crippen molar-refractivity contribution >= 4 is 23.2 Å². The maximum atomic E-state index is 13.0. The van der Waals surface area contributed by atoms with Crippen molar-refractivity contribution in [3.05, 3.63) is 54.6 Å². The summed E-state index contributed by atoms with van der Waals surface area (Å²) in [4.78, 5) is 27.4. The average molecular weight is 366 g/mol. The molecule has 2 atom stereocenters. The van der Waals surface area contributed by atoms with E-state index in [0.29, 0.717) is 12.2 Å². The Morgan fingerprint density at radius 1 is 1.15 bits per heavy atom. The van der Waals surface area contributed by atoms with Gasteiger partial charge in [0, 0.05) is 24.3 Å². The topological polar surface area (TPSA) is 58.6 Å². The summed E-state index contributed by atoms with van der Waals surface area (Å²) in [5.74, 6) is 0.576. The van der Waals surface area contributed by atoms with E-state index in [1.807, 2.05) is 35.2 Å². The van der Waals surface area contributed by atoms with Gasteiger partial charge >= 0.3 is 0 Å². The summed E-state index contributed by atoms with van der Waals surface area (Å²) in [6.07, 6.45) is 2.14. The van der Waals surface area contributed by atoms with E-state index >= 15 is 0 Å². The van der Waals surface area contributed by atoms with Crippen LogP contribution in [-0.4, -0.2) is 25.5 Å². The summed E-state index contributed by atoms with van der Waals surface area (Å²) >= 11 is 0. The van der Waals surface area contributed by atoms with E-state index in [0.717, 1.165) is 24.3 Å². The van der Waals surface area contributed by atoms with Crippen molar-refractivity contribution in [2.75, 3.05) is 23.9 Å². The van der Waals surface area contributed by atoms with Crippen molar-refractivity contribution in [2.24, 2.45) is 11.8 Å². The Balaban J connectivity index is 1.68. The van der Waals surface area contributed by atoms with Gasteiger partial charge in [0.2, 0.25) is 11.8 Å². The molecule has 0 aromatic heterocycles. The fourth-order valence-electron chi connectivity index (χ4n) is 3.70. The molecule has 3 rings (SSSR count). The zero-order valence-electron chi connectivity index (χ0n) is 15.9. The van der Waals surface area contributed by atoms with Gasteiger partial charge in [-0.15, -0.1) is 0 Å². The van der Waals surface area contributed by atoms with Crippen LogP contribution in [0, 0.1) is 11.8 Å². The number of ether oxygens (including phenoxy) is 1. The molecule has 0 aliphatic carbocycles. The molecule has 1 N–H and O–H groups in total. The van der Waals surface area contributed by atoms with E-state index in [2.05, 4.69) is 12.2 Å². The van der Waals surface area contributed by atoms with E-state index < -0.39 is 0 Å². The van der Waals surface area contributed by atoms with Crippen molar-refractivity contribution < 1.29 is 14.3 Å². The van der Waals surface area contributed by atoms with Crippen LogP contribution in [0.2, 0.25) is 0 Å². The minimum atomic E-state index is -0.275. The number of para-hydroxylation sites is 1. The number of hydrogen-bond acceptors (Lipinski definition) is 3. The summed E-state index contributed by atoms with van der Waals surface area (Å²) < 4.78 is 5.13. The van der Waals surface area contributed by atoms with Crippen LogP contribution in [0.1, 0.15) is 26.2 Å². The van der Waals surface area contributed by atoms with Gasteiger partial charge in [0.25, 0.3) is 0 Å². The second kappa shape index (κ2) is 8.71. The van der Waals surface area contributed by atoms with Gasteiger partial charge in [0.15, 0.2) is 0 Å². The third-order valence-electron chi connectivity index (χ3n) is 5.08. The van der Waals surface area contributed by atoms with Gasteiger partial charge in [-0.25, -0.2) is 0 Å². The molecule has 27 heavy (non-hydrogen) atoms.